The van der Waals surface area contributed by atoms with Gasteiger partial charge in [-0.3, -0.25) is 4.98 Å². The van der Waals surface area contributed by atoms with Crippen LogP contribution in [0.1, 0.15) is 119 Å². The summed E-state index contributed by atoms with van der Waals surface area (Å²) in [5.74, 6) is 1.00. The van der Waals surface area contributed by atoms with E-state index in [1.165, 1.54) is 42.2 Å². The molecule has 6 aromatic rings. The van der Waals surface area contributed by atoms with Gasteiger partial charge in [-0.1, -0.05) is 130 Å². The van der Waals surface area contributed by atoms with Crippen LogP contribution in [0.15, 0.2) is 85.3 Å². The van der Waals surface area contributed by atoms with Gasteiger partial charge in [0.25, 0.3) is 0 Å². The predicted molar refractivity (Wildman–Crippen MR) is 239 cm³/mol. The number of benzene rings is 4. The van der Waals surface area contributed by atoms with E-state index in [9.17, 15) is 5.11 Å². The summed E-state index contributed by atoms with van der Waals surface area (Å²) in [5, 5.41) is 16.0. The molecule has 1 aliphatic heterocycles. The van der Waals surface area contributed by atoms with Gasteiger partial charge in [-0.2, -0.15) is 6.67 Å². The maximum absolute atomic E-state index is 11.0. The number of aromatic nitrogens is 1. The molecule has 0 bridgehead atoms. The normalized spacial score (nSPS) is 13.8. The number of nitrogens with zero attached hydrogens (tertiary/aromatic N) is 3. The van der Waals surface area contributed by atoms with Crippen molar-refractivity contribution in [3.63, 3.8) is 0 Å². The fourth-order valence-electron chi connectivity index (χ4n) is 7.27. The van der Waals surface area contributed by atoms with E-state index < -0.39 is 0 Å². The average molecular weight is 944 g/mol. The Kier molecular flexibility index (Phi) is 12.3. The third kappa shape index (κ3) is 9.04. The van der Waals surface area contributed by atoms with Gasteiger partial charge < -0.3 is 14.9 Å². The van der Waals surface area contributed by atoms with Gasteiger partial charge in [0.15, 0.2) is 0 Å². The van der Waals surface area contributed by atoms with Crippen molar-refractivity contribution in [2.45, 2.75) is 125 Å². The summed E-state index contributed by atoms with van der Waals surface area (Å²) < 4.78 is 2.66. The van der Waals surface area contributed by atoms with Gasteiger partial charge in [0.05, 0.1) is 5.69 Å². The molecular formula is C50H61IrN3OS-2. The van der Waals surface area contributed by atoms with Crippen LogP contribution in [0.2, 0.25) is 0 Å². The molecule has 0 amide bonds. The third-order valence-corrected chi connectivity index (χ3v) is 11.7. The summed E-state index contributed by atoms with van der Waals surface area (Å²) in [7, 11) is 0. The van der Waals surface area contributed by atoms with Gasteiger partial charge in [0.1, 0.15) is 5.75 Å². The van der Waals surface area contributed by atoms with E-state index in [-0.39, 0.29) is 41.9 Å². The maximum atomic E-state index is 11.0. The first-order valence-electron chi connectivity index (χ1n) is 19.8. The second-order valence-electron chi connectivity index (χ2n) is 19.7. The molecule has 0 unspecified atom stereocenters. The van der Waals surface area contributed by atoms with E-state index in [0.29, 0.717) is 11.7 Å². The van der Waals surface area contributed by atoms with Crippen LogP contribution in [0.5, 0.6) is 5.75 Å². The predicted octanol–water partition coefficient (Wildman–Crippen LogP) is 14.1. The van der Waals surface area contributed by atoms with Gasteiger partial charge >= 0.3 is 0 Å². The molecule has 4 aromatic carbocycles. The van der Waals surface area contributed by atoms with Crippen LogP contribution in [0.25, 0.3) is 42.2 Å². The number of phenolic OH excluding ortho intramolecular Hbond substituents is 1. The molecule has 0 atom stereocenters. The molecule has 1 radical (unpaired) electrons. The standard InChI is InChI=1S/C29H28NS.C21H33N2O.Ir/c1-18(2)15-20-10-8-12-23-24-13-14-30-26(28(24)31-27(20)23)21-16-19-9-6-7-11-22(19)25(17-21)29(3,4)5;1-19(2,3)15-12-16(20(4,5)6)18(24)17(13-15)22-10-11-23(14-22)21(7,8)9;/h6-14,17-18H,15H2,1-5H3;10-14,24H,1-9H3;/q2*-1;. The number of phenols is 1. The van der Waals surface area contributed by atoms with Crippen molar-refractivity contribution in [2.24, 2.45) is 5.92 Å². The minimum absolute atomic E-state index is 0. The minimum atomic E-state index is -0.118. The van der Waals surface area contributed by atoms with E-state index in [4.69, 9.17) is 4.98 Å². The molecule has 7 rings (SSSR count). The second-order valence-corrected chi connectivity index (χ2v) is 20.7. The van der Waals surface area contributed by atoms with Crippen LogP contribution in [-0.4, -0.2) is 20.5 Å². The SMILES string of the molecule is CC(C)(C)c1cc(N2C=CN(C(C)(C)C)[CH-]2)c(O)c(C(C)(C)C)c1.CC(C)Cc1cccc2c1sc1c(-c3[c-]c4ccccc4c(C(C)(C)C)c3)nccc12.[Ir]. The Morgan fingerprint density at radius 3 is 1.98 bits per heavy atom. The van der Waals surface area contributed by atoms with Gasteiger partial charge in [-0.05, 0) is 90.4 Å². The first-order chi connectivity index (χ1) is 25.5. The summed E-state index contributed by atoms with van der Waals surface area (Å²) in [5.41, 5.74) is 7.94. The summed E-state index contributed by atoms with van der Waals surface area (Å²) >= 11 is 1.89. The number of fused-ring (bicyclic) bond motifs is 4. The monoisotopic (exact) mass is 944 g/mol. The van der Waals surface area contributed by atoms with Gasteiger partial charge in [0, 0.05) is 57.9 Å². The Morgan fingerprint density at radius 1 is 0.732 bits per heavy atom. The van der Waals surface area contributed by atoms with E-state index in [1.807, 2.05) is 35.3 Å². The first kappa shape index (κ1) is 43.4. The van der Waals surface area contributed by atoms with Crippen molar-refractivity contribution in [1.29, 1.82) is 0 Å². The van der Waals surface area contributed by atoms with Crippen LogP contribution in [0.4, 0.5) is 5.69 Å². The zero-order valence-electron chi connectivity index (χ0n) is 36.0. The van der Waals surface area contributed by atoms with E-state index in [1.54, 1.807) is 0 Å². The van der Waals surface area contributed by atoms with Crippen molar-refractivity contribution in [1.82, 2.24) is 9.88 Å². The van der Waals surface area contributed by atoms with Crippen LogP contribution in [0, 0.1) is 18.7 Å². The molecule has 0 spiro atoms. The fourth-order valence-corrected chi connectivity index (χ4v) is 8.59. The molecule has 0 saturated heterocycles. The van der Waals surface area contributed by atoms with Crippen LogP contribution < -0.4 is 4.90 Å². The molecule has 3 heterocycles. The number of thiophene rings is 1. The number of hydrogen-bond donors (Lipinski definition) is 1. The summed E-state index contributed by atoms with van der Waals surface area (Å²) in [6.45, 7) is 33.0. The van der Waals surface area contributed by atoms with Crippen molar-refractivity contribution in [3.05, 3.63) is 120 Å². The molecule has 0 aliphatic carbocycles. The molecule has 1 aliphatic rings. The van der Waals surface area contributed by atoms with Crippen LogP contribution in [0.3, 0.4) is 0 Å². The molecule has 1 N–H and O–H groups in total. The Hall–Kier alpha value is -3.70. The Morgan fingerprint density at radius 2 is 1.38 bits per heavy atom. The first-order valence-corrected chi connectivity index (χ1v) is 20.6. The van der Waals surface area contributed by atoms with Crippen LogP contribution in [-0.2, 0) is 42.8 Å². The number of aromatic hydroxyl groups is 1. The number of rotatable bonds is 4. The largest absolute Gasteiger partial charge is 0.506 e. The Labute approximate surface area is 354 Å². The second kappa shape index (κ2) is 15.9. The molecule has 0 saturated carbocycles. The molecular weight excluding hydrogens is 883 g/mol. The van der Waals surface area contributed by atoms with Crippen molar-refractivity contribution in [3.8, 4) is 17.0 Å². The maximum Gasteiger partial charge on any atom is 0.140 e. The van der Waals surface area contributed by atoms with E-state index in [2.05, 4.69) is 181 Å². The number of anilines is 1. The summed E-state index contributed by atoms with van der Waals surface area (Å²) in [6, 6.07) is 27.8. The van der Waals surface area contributed by atoms with Crippen molar-refractivity contribution >= 4 is 48.0 Å². The zero-order chi connectivity index (χ0) is 40.2. The molecule has 6 heteroatoms. The Balaban J connectivity index is 0.000000218. The van der Waals surface area contributed by atoms with Crippen LogP contribution >= 0.6 is 11.3 Å². The molecule has 4 nitrogen and oxygen atoms in total. The summed E-state index contributed by atoms with van der Waals surface area (Å²) in [4.78, 5) is 9.05. The smallest absolute Gasteiger partial charge is 0.140 e. The summed E-state index contributed by atoms with van der Waals surface area (Å²) in [6.07, 6.45) is 7.13. The number of pyridine rings is 1. The van der Waals surface area contributed by atoms with E-state index >= 15 is 0 Å². The fraction of sp³-hybridized carbons (Fsp3) is 0.400. The number of hydrogen-bond acceptors (Lipinski definition) is 5. The quantitative estimate of drug-likeness (QED) is 0.179. The molecule has 56 heavy (non-hydrogen) atoms. The third-order valence-electron chi connectivity index (χ3n) is 10.4. The zero-order valence-corrected chi connectivity index (χ0v) is 39.2. The van der Waals surface area contributed by atoms with E-state index in [0.717, 1.165) is 34.3 Å². The minimum Gasteiger partial charge on any atom is -0.506 e. The topological polar surface area (TPSA) is 39.6 Å². The molecule has 299 valence electrons. The van der Waals surface area contributed by atoms with Crippen molar-refractivity contribution in [2.75, 3.05) is 4.90 Å². The van der Waals surface area contributed by atoms with Crippen molar-refractivity contribution < 1.29 is 25.2 Å². The van der Waals surface area contributed by atoms with Gasteiger partial charge in [0.2, 0.25) is 0 Å². The van der Waals surface area contributed by atoms with Gasteiger partial charge in [-0.25, -0.2) is 0 Å². The average Bonchev–Trinajstić information content (AvgIpc) is 3.73. The Bertz CT molecular complexity index is 2380. The molecule has 2 aromatic heterocycles. The molecule has 0 fully saturated rings. The van der Waals surface area contributed by atoms with Gasteiger partial charge in [-0.15, -0.1) is 40.5 Å².